The standard InChI is InChI=1S/C18H21N3O3/c1-12(2)24-17-10-13(4-9-16(17)23-3)11-20-21-18(22)14-5-7-15(19)8-6-14/h4-12H,19H2,1-3H3,(H,21,22)/b20-11-. The number of anilines is 1. The number of hydrazone groups is 1. The number of carbonyl (C=O) groups excluding carboxylic acids is 1. The summed E-state index contributed by atoms with van der Waals surface area (Å²) in [6.45, 7) is 3.88. The Bertz CT molecular complexity index is 725. The molecule has 2 aromatic rings. The summed E-state index contributed by atoms with van der Waals surface area (Å²) >= 11 is 0. The van der Waals surface area contributed by atoms with Crippen molar-refractivity contribution < 1.29 is 14.3 Å². The molecule has 0 aliphatic heterocycles. The first-order valence-electron chi connectivity index (χ1n) is 7.53. The van der Waals surface area contributed by atoms with Gasteiger partial charge in [0.05, 0.1) is 19.4 Å². The molecule has 0 radical (unpaired) electrons. The Morgan fingerprint density at radius 1 is 1.17 bits per heavy atom. The summed E-state index contributed by atoms with van der Waals surface area (Å²) in [7, 11) is 1.59. The molecule has 0 spiro atoms. The van der Waals surface area contributed by atoms with Crippen LogP contribution in [0.25, 0.3) is 0 Å². The Balaban J connectivity index is 2.05. The van der Waals surface area contributed by atoms with Gasteiger partial charge in [0.15, 0.2) is 11.5 Å². The first-order valence-corrected chi connectivity index (χ1v) is 7.53. The summed E-state index contributed by atoms with van der Waals surface area (Å²) in [5, 5.41) is 3.96. The minimum absolute atomic E-state index is 0.0244. The van der Waals surface area contributed by atoms with E-state index in [0.29, 0.717) is 22.7 Å². The molecular weight excluding hydrogens is 306 g/mol. The number of amides is 1. The van der Waals surface area contributed by atoms with E-state index in [1.54, 1.807) is 49.7 Å². The summed E-state index contributed by atoms with van der Waals surface area (Å²) in [5.41, 5.74) is 9.94. The average molecular weight is 327 g/mol. The minimum Gasteiger partial charge on any atom is -0.493 e. The van der Waals surface area contributed by atoms with Gasteiger partial charge < -0.3 is 15.2 Å². The van der Waals surface area contributed by atoms with Crippen LogP contribution in [0.2, 0.25) is 0 Å². The maximum atomic E-state index is 11.9. The summed E-state index contributed by atoms with van der Waals surface area (Å²) in [4.78, 5) is 11.9. The first kappa shape index (κ1) is 17.3. The molecule has 0 heterocycles. The fourth-order valence-electron chi connectivity index (χ4n) is 1.98. The zero-order valence-electron chi connectivity index (χ0n) is 13.9. The van der Waals surface area contributed by atoms with E-state index in [1.165, 1.54) is 0 Å². The molecule has 126 valence electrons. The van der Waals surface area contributed by atoms with Gasteiger partial charge in [0.25, 0.3) is 5.91 Å². The van der Waals surface area contributed by atoms with Crippen LogP contribution in [0.5, 0.6) is 11.5 Å². The molecule has 0 saturated carbocycles. The van der Waals surface area contributed by atoms with E-state index in [0.717, 1.165) is 5.56 Å². The van der Waals surface area contributed by atoms with Crippen LogP contribution < -0.4 is 20.6 Å². The predicted octanol–water partition coefficient (Wildman–Crippen LogP) is 2.83. The van der Waals surface area contributed by atoms with Crippen molar-refractivity contribution in [3.05, 3.63) is 53.6 Å². The maximum Gasteiger partial charge on any atom is 0.271 e. The molecule has 2 rings (SSSR count). The number of benzene rings is 2. The maximum absolute atomic E-state index is 11.9. The lowest BCUT2D eigenvalue weighted by molar-refractivity contribution is 0.0955. The van der Waals surface area contributed by atoms with Gasteiger partial charge in [-0.15, -0.1) is 0 Å². The lowest BCUT2D eigenvalue weighted by atomic mass is 10.2. The number of rotatable bonds is 6. The molecule has 1 amide bonds. The van der Waals surface area contributed by atoms with Gasteiger partial charge in [-0.25, -0.2) is 5.43 Å². The monoisotopic (exact) mass is 327 g/mol. The molecule has 2 aromatic carbocycles. The Morgan fingerprint density at radius 3 is 2.50 bits per heavy atom. The van der Waals surface area contributed by atoms with Gasteiger partial charge in [-0.3, -0.25) is 4.79 Å². The van der Waals surface area contributed by atoms with Gasteiger partial charge in [0.2, 0.25) is 0 Å². The number of methoxy groups -OCH3 is 1. The smallest absolute Gasteiger partial charge is 0.271 e. The molecule has 0 aromatic heterocycles. The molecule has 0 saturated heterocycles. The first-order chi connectivity index (χ1) is 11.5. The number of nitrogens with zero attached hydrogens (tertiary/aromatic N) is 1. The second-order valence-corrected chi connectivity index (χ2v) is 5.40. The van der Waals surface area contributed by atoms with Gasteiger partial charge >= 0.3 is 0 Å². The van der Waals surface area contributed by atoms with Gasteiger partial charge in [-0.05, 0) is 61.9 Å². The highest BCUT2D eigenvalue weighted by atomic mass is 16.5. The number of carbonyl (C=O) groups is 1. The van der Waals surface area contributed by atoms with Crippen LogP contribution in [0.4, 0.5) is 5.69 Å². The average Bonchev–Trinajstić information content (AvgIpc) is 2.55. The number of hydrogen-bond acceptors (Lipinski definition) is 5. The highest BCUT2D eigenvalue weighted by Gasteiger charge is 2.07. The number of nitrogen functional groups attached to an aromatic ring is 1. The second kappa shape index (κ2) is 8.01. The number of ether oxygens (including phenoxy) is 2. The molecule has 0 aliphatic carbocycles. The minimum atomic E-state index is -0.307. The predicted molar refractivity (Wildman–Crippen MR) is 94.7 cm³/mol. The number of nitrogens with one attached hydrogen (secondary N) is 1. The summed E-state index contributed by atoms with van der Waals surface area (Å²) in [6.07, 6.45) is 1.57. The zero-order valence-corrected chi connectivity index (χ0v) is 13.9. The highest BCUT2D eigenvalue weighted by Crippen LogP contribution is 2.28. The van der Waals surface area contributed by atoms with E-state index in [9.17, 15) is 4.79 Å². The van der Waals surface area contributed by atoms with Gasteiger partial charge in [0.1, 0.15) is 0 Å². The van der Waals surface area contributed by atoms with Crippen molar-refractivity contribution >= 4 is 17.8 Å². The summed E-state index contributed by atoms with van der Waals surface area (Å²) in [6, 6.07) is 12.0. The van der Waals surface area contributed by atoms with Crippen LogP contribution in [0, 0.1) is 0 Å². The van der Waals surface area contributed by atoms with Crippen molar-refractivity contribution in [1.29, 1.82) is 0 Å². The molecule has 0 fully saturated rings. The SMILES string of the molecule is COc1ccc(/C=N\NC(=O)c2ccc(N)cc2)cc1OC(C)C. The molecule has 0 aliphatic rings. The lowest BCUT2D eigenvalue weighted by Gasteiger charge is -2.13. The van der Waals surface area contributed by atoms with Gasteiger partial charge in [-0.1, -0.05) is 0 Å². The van der Waals surface area contributed by atoms with Crippen LogP contribution in [-0.4, -0.2) is 25.3 Å². The Morgan fingerprint density at radius 2 is 1.88 bits per heavy atom. The number of hydrogen-bond donors (Lipinski definition) is 2. The van der Waals surface area contributed by atoms with E-state index in [4.69, 9.17) is 15.2 Å². The highest BCUT2D eigenvalue weighted by molar-refractivity contribution is 5.95. The second-order valence-electron chi connectivity index (χ2n) is 5.40. The number of nitrogens with two attached hydrogens (primary N) is 1. The van der Waals surface area contributed by atoms with Crippen molar-refractivity contribution in [2.45, 2.75) is 20.0 Å². The molecule has 6 heteroatoms. The van der Waals surface area contributed by atoms with E-state index in [-0.39, 0.29) is 12.0 Å². The molecule has 0 atom stereocenters. The quantitative estimate of drug-likeness (QED) is 0.485. The third-order valence-electron chi connectivity index (χ3n) is 3.10. The van der Waals surface area contributed by atoms with Crippen molar-refractivity contribution in [2.24, 2.45) is 5.10 Å². The van der Waals surface area contributed by atoms with E-state index in [2.05, 4.69) is 10.5 Å². The van der Waals surface area contributed by atoms with Crippen LogP contribution >= 0.6 is 0 Å². The lowest BCUT2D eigenvalue weighted by Crippen LogP contribution is -2.17. The van der Waals surface area contributed by atoms with Crippen LogP contribution in [0.3, 0.4) is 0 Å². The molecule has 0 unspecified atom stereocenters. The normalized spacial score (nSPS) is 10.8. The van der Waals surface area contributed by atoms with Crippen LogP contribution in [0.1, 0.15) is 29.8 Å². The van der Waals surface area contributed by atoms with E-state index in [1.807, 2.05) is 19.9 Å². The largest absolute Gasteiger partial charge is 0.493 e. The molecular formula is C18H21N3O3. The Kier molecular flexibility index (Phi) is 5.78. The van der Waals surface area contributed by atoms with E-state index >= 15 is 0 Å². The summed E-state index contributed by atoms with van der Waals surface area (Å²) < 4.78 is 11.0. The zero-order chi connectivity index (χ0) is 17.5. The summed E-state index contributed by atoms with van der Waals surface area (Å²) in [5.74, 6) is 0.964. The molecule has 3 N–H and O–H groups in total. The topological polar surface area (TPSA) is 85.9 Å². The van der Waals surface area contributed by atoms with Crippen LogP contribution in [-0.2, 0) is 0 Å². The van der Waals surface area contributed by atoms with E-state index < -0.39 is 0 Å². The third-order valence-corrected chi connectivity index (χ3v) is 3.10. The Labute approximate surface area is 141 Å². The van der Waals surface area contributed by atoms with Crippen LogP contribution in [0.15, 0.2) is 47.6 Å². The van der Waals surface area contributed by atoms with Crippen molar-refractivity contribution in [3.8, 4) is 11.5 Å². The van der Waals surface area contributed by atoms with Crippen molar-refractivity contribution in [1.82, 2.24) is 5.43 Å². The van der Waals surface area contributed by atoms with Gasteiger partial charge in [0, 0.05) is 11.3 Å². The molecule has 6 nitrogen and oxygen atoms in total. The van der Waals surface area contributed by atoms with Crippen molar-refractivity contribution in [2.75, 3.05) is 12.8 Å². The fraction of sp³-hybridized carbons (Fsp3) is 0.222. The molecule has 0 bridgehead atoms. The Hall–Kier alpha value is -3.02. The third kappa shape index (κ3) is 4.74. The van der Waals surface area contributed by atoms with Crippen molar-refractivity contribution in [3.63, 3.8) is 0 Å². The fourth-order valence-corrected chi connectivity index (χ4v) is 1.98. The van der Waals surface area contributed by atoms with Gasteiger partial charge in [-0.2, -0.15) is 5.10 Å². The molecule has 24 heavy (non-hydrogen) atoms.